The van der Waals surface area contributed by atoms with Crippen LogP contribution < -0.4 is 20.1 Å². The summed E-state index contributed by atoms with van der Waals surface area (Å²) < 4.78 is 64.9. The molecule has 15 heteroatoms. The minimum Gasteiger partial charge on any atom is -0.489 e. The van der Waals surface area contributed by atoms with Crippen LogP contribution in [0.25, 0.3) is 32.1 Å². The Hall–Kier alpha value is -3.61. The van der Waals surface area contributed by atoms with Gasteiger partial charge in [-0.15, -0.1) is 11.3 Å². The molecule has 0 aliphatic carbocycles. The van der Waals surface area contributed by atoms with Gasteiger partial charge < -0.3 is 24.8 Å². The van der Waals surface area contributed by atoms with Gasteiger partial charge in [-0.05, 0) is 37.4 Å². The monoisotopic (exact) mass is 713 g/mol. The van der Waals surface area contributed by atoms with Gasteiger partial charge >= 0.3 is 6.01 Å². The fourth-order valence-electron chi connectivity index (χ4n) is 8.23. The van der Waals surface area contributed by atoms with Crippen LogP contribution in [-0.2, 0) is 4.74 Å². The summed E-state index contributed by atoms with van der Waals surface area (Å²) in [5.41, 5.74) is 5.71. The molecule has 3 saturated heterocycles. The van der Waals surface area contributed by atoms with Gasteiger partial charge in [0.1, 0.15) is 47.6 Å². The second kappa shape index (κ2) is 12.6. The molecule has 2 aromatic carbocycles. The number of anilines is 2. The van der Waals surface area contributed by atoms with E-state index in [0.717, 1.165) is 56.8 Å². The Kier molecular flexibility index (Phi) is 8.39. The lowest BCUT2D eigenvalue weighted by atomic mass is 9.95. The number of nitrogen functional groups attached to an aromatic ring is 1. The predicted molar refractivity (Wildman–Crippen MR) is 183 cm³/mol. The summed E-state index contributed by atoms with van der Waals surface area (Å²) >= 11 is 7.98. The number of likely N-dealkylation sites (tertiary alicyclic amines) is 1. The Morgan fingerprint density at radius 3 is 2.88 bits per heavy atom. The Labute approximate surface area is 290 Å². The van der Waals surface area contributed by atoms with Crippen LogP contribution in [-0.4, -0.2) is 104 Å². The quantitative estimate of drug-likeness (QED) is 0.242. The summed E-state index contributed by atoms with van der Waals surface area (Å²) in [6.07, 6.45) is 1.99. The summed E-state index contributed by atoms with van der Waals surface area (Å²) in [6, 6.07) is 4.64. The number of nitriles is 1. The predicted octanol–water partition coefficient (Wildman–Crippen LogP) is 5.77. The van der Waals surface area contributed by atoms with Crippen LogP contribution in [0.5, 0.6) is 11.8 Å². The minimum atomic E-state index is -0.941. The first-order chi connectivity index (χ1) is 23.7. The molecule has 6 heterocycles. The number of nitrogens with two attached hydrogens (primary N) is 1. The third kappa shape index (κ3) is 5.33. The number of hydrogen-bond donors (Lipinski definition) is 1. The number of rotatable bonds is 8. The maximum absolute atomic E-state index is 17.2. The molecular weight excluding hydrogens is 679 g/mol. The molecule has 3 atom stereocenters. The van der Waals surface area contributed by atoms with E-state index in [1.807, 2.05) is 6.07 Å². The second-order valence-electron chi connectivity index (χ2n) is 13.3. The number of methoxy groups -OCH3 is 1. The molecule has 0 radical (unpaired) electrons. The smallest absolute Gasteiger partial charge is 0.319 e. The third-order valence-corrected chi connectivity index (χ3v) is 11.9. The van der Waals surface area contributed by atoms with Crippen LogP contribution in [0.1, 0.15) is 31.2 Å². The SMILES string of the molecule is COCCN1CCC(N2CCOc3c(Cl)c(-c4ccc(F)c5sc(N)c(C#N)c45)c(F)c4nc(OC[C@@]56CCCN5C[C@H](F)C6)nc2c34)C1. The van der Waals surface area contributed by atoms with Crippen molar-refractivity contribution in [1.82, 2.24) is 19.8 Å². The molecule has 8 rings (SSSR count). The van der Waals surface area contributed by atoms with E-state index < -0.39 is 23.3 Å². The maximum Gasteiger partial charge on any atom is 0.319 e. The highest BCUT2D eigenvalue weighted by Crippen LogP contribution is 2.51. The zero-order valence-corrected chi connectivity index (χ0v) is 28.5. The standard InChI is InChI=1S/C34H35ClF3N7O3S/c1-46-11-9-43-8-5-19(16-43)45-10-12-47-29-25-28(41-33(42-32(25)45)48-17-34-6-2-7-44(34)15-18(36)13-34)27(38)24(26(29)35)20-3-4-22(37)30-23(20)21(14-39)31(40)49-30/h3-4,18-19H,2,5-13,15-17,40H2,1H3/t18-,19?,34+/m1/s1. The molecule has 0 saturated carbocycles. The number of halogens is 4. The Morgan fingerprint density at radius 2 is 2.06 bits per heavy atom. The number of fused-ring (bicyclic) bond motifs is 2. The molecule has 258 valence electrons. The van der Waals surface area contributed by atoms with Gasteiger partial charge in [-0.2, -0.15) is 15.2 Å². The topological polar surface area (TPSA) is 113 Å². The Balaban J connectivity index is 1.30. The fourth-order valence-corrected chi connectivity index (χ4v) is 9.52. The highest BCUT2D eigenvalue weighted by molar-refractivity contribution is 7.23. The number of aromatic nitrogens is 2. The third-order valence-electron chi connectivity index (χ3n) is 10.5. The molecule has 1 unspecified atom stereocenters. The molecule has 0 spiro atoms. The minimum absolute atomic E-state index is 0.0352. The highest BCUT2D eigenvalue weighted by atomic mass is 35.5. The van der Waals surface area contributed by atoms with E-state index in [9.17, 15) is 9.65 Å². The summed E-state index contributed by atoms with van der Waals surface area (Å²) in [7, 11) is 1.68. The van der Waals surface area contributed by atoms with Crippen molar-refractivity contribution in [2.45, 2.75) is 43.4 Å². The molecule has 0 amide bonds. The van der Waals surface area contributed by atoms with Crippen molar-refractivity contribution < 1.29 is 27.4 Å². The number of ether oxygens (including phenoxy) is 3. The van der Waals surface area contributed by atoms with E-state index >= 15 is 8.78 Å². The molecule has 2 N–H and O–H groups in total. The largest absolute Gasteiger partial charge is 0.489 e. The lowest BCUT2D eigenvalue weighted by molar-refractivity contribution is 0.107. The van der Waals surface area contributed by atoms with Crippen LogP contribution in [0, 0.1) is 23.0 Å². The molecular formula is C34H35ClF3N7O3S. The number of hydrogen-bond acceptors (Lipinski definition) is 11. The van der Waals surface area contributed by atoms with Gasteiger partial charge in [-0.25, -0.2) is 13.2 Å². The molecule has 2 aromatic heterocycles. The maximum atomic E-state index is 17.2. The normalized spacial score (nSPS) is 24.0. The van der Waals surface area contributed by atoms with E-state index in [0.29, 0.717) is 37.3 Å². The molecule has 0 bridgehead atoms. The summed E-state index contributed by atoms with van der Waals surface area (Å²) in [6.45, 7) is 4.98. The number of thiophene rings is 1. The zero-order chi connectivity index (χ0) is 34.0. The van der Waals surface area contributed by atoms with Crippen LogP contribution >= 0.6 is 22.9 Å². The molecule has 4 aliphatic heterocycles. The molecule has 10 nitrogen and oxygen atoms in total. The summed E-state index contributed by atoms with van der Waals surface area (Å²) in [5, 5.41) is 10.5. The molecule has 49 heavy (non-hydrogen) atoms. The number of nitrogens with zero attached hydrogens (tertiary/aromatic N) is 6. The highest BCUT2D eigenvalue weighted by Gasteiger charge is 2.49. The molecule has 4 aliphatic rings. The zero-order valence-electron chi connectivity index (χ0n) is 26.9. The average molecular weight is 714 g/mol. The lowest BCUT2D eigenvalue weighted by Gasteiger charge is -2.32. The van der Waals surface area contributed by atoms with Gasteiger partial charge in [-0.3, -0.25) is 9.80 Å². The van der Waals surface area contributed by atoms with Crippen molar-refractivity contribution in [2.24, 2.45) is 0 Å². The van der Waals surface area contributed by atoms with E-state index in [1.54, 1.807) is 7.11 Å². The average Bonchev–Trinajstić information content (AvgIpc) is 3.83. The van der Waals surface area contributed by atoms with Crippen molar-refractivity contribution >= 4 is 54.7 Å². The number of alkyl halides is 1. The Morgan fingerprint density at radius 1 is 1.20 bits per heavy atom. The number of benzene rings is 2. The summed E-state index contributed by atoms with van der Waals surface area (Å²) in [4.78, 5) is 16.1. The van der Waals surface area contributed by atoms with Gasteiger partial charge in [-0.1, -0.05) is 17.7 Å². The van der Waals surface area contributed by atoms with Crippen LogP contribution in [0.2, 0.25) is 5.02 Å². The van der Waals surface area contributed by atoms with E-state index in [4.69, 9.17) is 36.5 Å². The van der Waals surface area contributed by atoms with Gasteiger partial charge in [0.2, 0.25) is 0 Å². The van der Waals surface area contributed by atoms with Gasteiger partial charge in [0.25, 0.3) is 0 Å². The van der Waals surface area contributed by atoms with Gasteiger partial charge in [0, 0.05) is 56.7 Å². The van der Waals surface area contributed by atoms with Crippen molar-refractivity contribution in [1.29, 1.82) is 5.26 Å². The van der Waals surface area contributed by atoms with Crippen LogP contribution in [0.4, 0.5) is 24.0 Å². The fraction of sp³-hybridized carbons (Fsp3) is 0.500. The van der Waals surface area contributed by atoms with E-state index in [1.165, 1.54) is 12.1 Å². The van der Waals surface area contributed by atoms with E-state index in [2.05, 4.69) is 19.7 Å². The van der Waals surface area contributed by atoms with Crippen molar-refractivity contribution in [3.63, 3.8) is 0 Å². The van der Waals surface area contributed by atoms with E-state index in [-0.39, 0.29) is 73.3 Å². The van der Waals surface area contributed by atoms with Crippen molar-refractivity contribution in [3.05, 3.63) is 34.4 Å². The molecule has 4 aromatic rings. The van der Waals surface area contributed by atoms with Gasteiger partial charge in [0.15, 0.2) is 11.6 Å². The van der Waals surface area contributed by atoms with Crippen molar-refractivity contribution in [3.8, 4) is 29.0 Å². The first kappa shape index (κ1) is 32.6. The second-order valence-corrected chi connectivity index (χ2v) is 14.7. The van der Waals surface area contributed by atoms with Crippen LogP contribution in [0.3, 0.4) is 0 Å². The van der Waals surface area contributed by atoms with Crippen LogP contribution in [0.15, 0.2) is 12.1 Å². The van der Waals surface area contributed by atoms with Crippen molar-refractivity contribution in [2.75, 3.05) is 76.8 Å². The van der Waals surface area contributed by atoms with Gasteiger partial charge in [0.05, 0.1) is 39.4 Å². The summed E-state index contributed by atoms with van der Waals surface area (Å²) in [5.74, 6) is -0.737. The lowest BCUT2D eigenvalue weighted by Crippen LogP contribution is -2.43. The first-order valence-corrected chi connectivity index (χ1v) is 17.7. The Bertz CT molecular complexity index is 2010. The first-order valence-electron chi connectivity index (χ1n) is 16.5. The molecule has 3 fully saturated rings.